The molecular formula is C21H30N2O. The number of aromatic hydroxyl groups is 1. The molecule has 0 aliphatic carbocycles. The Labute approximate surface area is 146 Å². The van der Waals surface area contributed by atoms with Gasteiger partial charge in [0.2, 0.25) is 0 Å². The third-order valence-electron chi connectivity index (χ3n) is 4.17. The minimum absolute atomic E-state index is 0.0938. The molecule has 1 aromatic heterocycles. The topological polar surface area (TPSA) is 45.2 Å². The number of nitrogens with zero attached hydrogens (tertiary/aromatic N) is 1. The van der Waals surface area contributed by atoms with Crippen molar-refractivity contribution in [2.45, 2.75) is 65.5 Å². The van der Waals surface area contributed by atoms with Crippen molar-refractivity contribution in [2.24, 2.45) is 0 Å². The van der Waals surface area contributed by atoms with E-state index in [1.165, 1.54) is 11.1 Å². The second-order valence-electron chi connectivity index (χ2n) is 8.50. The Kier molecular flexibility index (Phi) is 5.34. The van der Waals surface area contributed by atoms with Crippen molar-refractivity contribution >= 4 is 0 Å². The smallest absolute Gasteiger partial charge is 0.123 e. The van der Waals surface area contributed by atoms with Crippen molar-refractivity contribution in [3.63, 3.8) is 0 Å². The van der Waals surface area contributed by atoms with Crippen molar-refractivity contribution in [3.05, 3.63) is 58.9 Å². The van der Waals surface area contributed by atoms with Crippen LogP contribution in [0.15, 0.2) is 36.7 Å². The van der Waals surface area contributed by atoms with Gasteiger partial charge in [0, 0.05) is 25.5 Å². The second-order valence-corrected chi connectivity index (χ2v) is 8.50. The summed E-state index contributed by atoms with van der Waals surface area (Å²) in [6.45, 7) is 14.4. The molecule has 0 bridgehead atoms. The van der Waals surface area contributed by atoms with Crippen LogP contribution in [-0.4, -0.2) is 10.1 Å². The average molecular weight is 326 g/mol. The first-order chi connectivity index (χ1) is 11.1. The van der Waals surface area contributed by atoms with Gasteiger partial charge in [-0.1, -0.05) is 59.7 Å². The van der Waals surface area contributed by atoms with Crippen LogP contribution in [0.25, 0.3) is 0 Å². The molecule has 0 fully saturated rings. The van der Waals surface area contributed by atoms with Crippen LogP contribution in [0.5, 0.6) is 5.75 Å². The van der Waals surface area contributed by atoms with Crippen LogP contribution in [-0.2, 0) is 23.9 Å². The molecule has 0 radical (unpaired) electrons. The molecule has 0 amide bonds. The third kappa shape index (κ3) is 4.57. The number of nitrogens with one attached hydrogen (secondary N) is 1. The summed E-state index contributed by atoms with van der Waals surface area (Å²) in [4.78, 5) is 4.14. The number of rotatable bonds is 4. The molecular weight excluding hydrogens is 296 g/mol. The van der Waals surface area contributed by atoms with E-state index in [-0.39, 0.29) is 10.8 Å². The van der Waals surface area contributed by atoms with Crippen LogP contribution in [0.3, 0.4) is 0 Å². The summed E-state index contributed by atoms with van der Waals surface area (Å²) in [7, 11) is 0. The quantitative estimate of drug-likeness (QED) is 0.858. The number of phenols is 1. The standard InChI is InChI=1S/C21H30N2O/c1-20(2,3)17-10-16(11-18(19(17)24)21(4,5)6)14-23-13-15-8-7-9-22-12-15/h7-12,23-24H,13-14H2,1-6H3. The highest BCUT2D eigenvalue weighted by molar-refractivity contribution is 5.49. The molecule has 0 aliphatic heterocycles. The maximum absolute atomic E-state index is 10.8. The maximum Gasteiger partial charge on any atom is 0.123 e. The van der Waals surface area contributed by atoms with E-state index in [9.17, 15) is 5.11 Å². The largest absolute Gasteiger partial charge is 0.507 e. The van der Waals surface area contributed by atoms with Crippen LogP contribution in [0, 0.1) is 0 Å². The van der Waals surface area contributed by atoms with Crippen molar-refractivity contribution in [1.29, 1.82) is 0 Å². The van der Waals surface area contributed by atoms with E-state index in [1.807, 2.05) is 12.3 Å². The first kappa shape index (κ1) is 18.5. The van der Waals surface area contributed by atoms with Crippen LogP contribution in [0.1, 0.15) is 63.8 Å². The lowest BCUT2D eigenvalue weighted by Gasteiger charge is -2.28. The lowest BCUT2D eigenvalue weighted by atomic mass is 9.78. The van der Waals surface area contributed by atoms with Gasteiger partial charge in [0.05, 0.1) is 0 Å². The van der Waals surface area contributed by atoms with Gasteiger partial charge < -0.3 is 10.4 Å². The Bertz CT molecular complexity index is 644. The summed E-state index contributed by atoms with van der Waals surface area (Å²) in [6.07, 6.45) is 3.67. The summed E-state index contributed by atoms with van der Waals surface area (Å²) in [5.41, 5.74) is 4.20. The third-order valence-corrected chi connectivity index (χ3v) is 4.17. The first-order valence-corrected chi connectivity index (χ1v) is 8.55. The first-order valence-electron chi connectivity index (χ1n) is 8.55. The van der Waals surface area contributed by atoms with E-state index in [0.29, 0.717) is 5.75 Å². The van der Waals surface area contributed by atoms with E-state index in [0.717, 1.165) is 24.2 Å². The van der Waals surface area contributed by atoms with Crippen molar-refractivity contribution in [1.82, 2.24) is 10.3 Å². The summed E-state index contributed by atoms with van der Waals surface area (Å²) in [6, 6.07) is 8.27. The van der Waals surface area contributed by atoms with Crippen LogP contribution >= 0.6 is 0 Å². The second kappa shape index (κ2) is 6.94. The number of benzene rings is 1. The molecule has 2 aromatic rings. The van der Waals surface area contributed by atoms with Gasteiger partial charge >= 0.3 is 0 Å². The molecule has 2 rings (SSSR count). The highest BCUT2D eigenvalue weighted by atomic mass is 16.3. The summed E-state index contributed by atoms with van der Waals surface area (Å²) >= 11 is 0. The minimum atomic E-state index is -0.0938. The molecule has 2 N–H and O–H groups in total. The van der Waals surface area contributed by atoms with E-state index < -0.39 is 0 Å². The molecule has 0 spiro atoms. The number of phenolic OH excluding ortho intramolecular Hbond substituents is 1. The molecule has 1 heterocycles. The van der Waals surface area contributed by atoms with Gasteiger partial charge in [-0.05, 0) is 39.2 Å². The Balaban J connectivity index is 2.26. The Hall–Kier alpha value is -1.87. The van der Waals surface area contributed by atoms with Crippen molar-refractivity contribution in [2.75, 3.05) is 0 Å². The maximum atomic E-state index is 10.8. The molecule has 0 saturated carbocycles. The van der Waals surface area contributed by atoms with Gasteiger partial charge in [0.15, 0.2) is 0 Å². The lowest BCUT2D eigenvalue weighted by Crippen LogP contribution is -2.20. The van der Waals surface area contributed by atoms with Crippen LogP contribution in [0.2, 0.25) is 0 Å². The number of aromatic nitrogens is 1. The van der Waals surface area contributed by atoms with E-state index in [1.54, 1.807) is 6.20 Å². The monoisotopic (exact) mass is 326 g/mol. The SMILES string of the molecule is CC(C)(C)c1cc(CNCc2cccnc2)cc(C(C)(C)C)c1O. The number of pyridine rings is 1. The fraction of sp³-hybridized carbons (Fsp3) is 0.476. The number of hydrogen-bond acceptors (Lipinski definition) is 3. The Morgan fingerprint density at radius 3 is 1.92 bits per heavy atom. The summed E-state index contributed by atoms with van der Waals surface area (Å²) in [5.74, 6) is 0.436. The van der Waals surface area contributed by atoms with Gasteiger partial charge in [-0.15, -0.1) is 0 Å². The Morgan fingerprint density at radius 1 is 0.917 bits per heavy atom. The van der Waals surface area contributed by atoms with Crippen LogP contribution in [0.4, 0.5) is 0 Å². The molecule has 3 nitrogen and oxygen atoms in total. The zero-order chi connectivity index (χ0) is 18.0. The predicted octanol–water partition coefficient (Wildman–Crippen LogP) is 4.67. The molecule has 3 heteroatoms. The summed E-state index contributed by atoms with van der Waals surface area (Å²) in [5, 5.41) is 14.2. The molecule has 0 saturated heterocycles. The molecule has 0 atom stereocenters. The van der Waals surface area contributed by atoms with Gasteiger partial charge in [-0.25, -0.2) is 0 Å². The van der Waals surface area contributed by atoms with Gasteiger partial charge in [0.1, 0.15) is 5.75 Å². The zero-order valence-electron chi connectivity index (χ0n) is 15.8. The average Bonchev–Trinajstić information content (AvgIpc) is 2.47. The van der Waals surface area contributed by atoms with E-state index >= 15 is 0 Å². The van der Waals surface area contributed by atoms with E-state index in [4.69, 9.17) is 0 Å². The number of hydrogen-bond donors (Lipinski definition) is 2. The van der Waals surface area contributed by atoms with Crippen molar-refractivity contribution < 1.29 is 5.11 Å². The molecule has 130 valence electrons. The van der Waals surface area contributed by atoms with Crippen molar-refractivity contribution in [3.8, 4) is 5.75 Å². The van der Waals surface area contributed by atoms with E-state index in [2.05, 4.69) is 70.0 Å². The highest BCUT2D eigenvalue weighted by Crippen LogP contribution is 2.39. The van der Waals surface area contributed by atoms with Gasteiger partial charge in [0.25, 0.3) is 0 Å². The highest BCUT2D eigenvalue weighted by Gasteiger charge is 2.26. The molecule has 0 unspecified atom stereocenters. The fourth-order valence-electron chi connectivity index (χ4n) is 2.79. The zero-order valence-corrected chi connectivity index (χ0v) is 15.8. The molecule has 24 heavy (non-hydrogen) atoms. The minimum Gasteiger partial charge on any atom is -0.507 e. The predicted molar refractivity (Wildman–Crippen MR) is 100 cm³/mol. The lowest BCUT2D eigenvalue weighted by molar-refractivity contribution is 0.422. The fourth-order valence-corrected chi connectivity index (χ4v) is 2.79. The summed E-state index contributed by atoms with van der Waals surface area (Å²) < 4.78 is 0. The molecule has 1 aromatic carbocycles. The Morgan fingerprint density at radius 2 is 1.46 bits per heavy atom. The van der Waals surface area contributed by atoms with Gasteiger partial charge in [-0.3, -0.25) is 4.98 Å². The molecule has 0 aliphatic rings. The van der Waals surface area contributed by atoms with Crippen LogP contribution < -0.4 is 5.32 Å². The normalized spacial score (nSPS) is 12.4. The van der Waals surface area contributed by atoms with Gasteiger partial charge in [-0.2, -0.15) is 0 Å².